The van der Waals surface area contributed by atoms with Crippen LogP contribution in [0.1, 0.15) is 21.8 Å². The number of carbonyl (C=O) groups is 1. The van der Waals surface area contributed by atoms with Gasteiger partial charge in [-0.1, -0.05) is 35.5 Å². The van der Waals surface area contributed by atoms with Crippen molar-refractivity contribution >= 4 is 11.6 Å². The zero-order chi connectivity index (χ0) is 19.7. The molecular formula is C19H15F3N4O2. The SMILES string of the molecule is O=C(NCC1Cc2ccccc2N1)c1ccc(-c2noc(C(F)(F)F)n2)cc1. The van der Waals surface area contributed by atoms with E-state index >= 15 is 0 Å². The number of fused-ring (bicyclic) bond motifs is 1. The molecule has 3 aromatic rings. The van der Waals surface area contributed by atoms with Gasteiger partial charge in [-0.2, -0.15) is 18.2 Å². The van der Waals surface area contributed by atoms with Gasteiger partial charge in [0.2, 0.25) is 5.82 Å². The summed E-state index contributed by atoms with van der Waals surface area (Å²) < 4.78 is 41.8. The number of nitrogens with one attached hydrogen (secondary N) is 2. The molecule has 0 saturated heterocycles. The third kappa shape index (κ3) is 3.68. The molecule has 9 heteroatoms. The molecule has 1 aliphatic rings. The summed E-state index contributed by atoms with van der Waals surface area (Å²) in [6.45, 7) is 0.453. The van der Waals surface area contributed by atoms with Gasteiger partial charge < -0.3 is 15.2 Å². The van der Waals surface area contributed by atoms with E-state index in [4.69, 9.17) is 0 Å². The van der Waals surface area contributed by atoms with E-state index < -0.39 is 12.1 Å². The smallest absolute Gasteiger partial charge is 0.380 e. The number of amides is 1. The first-order valence-electron chi connectivity index (χ1n) is 8.54. The van der Waals surface area contributed by atoms with Crippen molar-refractivity contribution in [2.45, 2.75) is 18.6 Å². The van der Waals surface area contributed by atoms with Crippen molar-refractivity contribution in [3.05, 3.63) is 65.5 Å². The third-order valence-electron chi connectivity index (χ3n) is 4.43. The summed E-state index contributed by atoms with van der Waals surface area (Å²) in [6.07, 6.45) is -3.87. The van der Waals surface area contributed by atoms with Gasteiger partial charge in [0.15, 0.2) is 0 Å². The van der Waals surface area contributed by atoms with Gasteiger partial charge >= 0.3 is 12.1 Å². The van der Waals surface area contributed by atoms with Gasteiger partial charge in [-0.15, -0.1) is 0 Å². The van der Waals surface area contributed by atoms with Crippen LogP contribution in [-0.4, -0.2) is 28.6 Å². The Morgan fingerprint density at radius 2 is 1.93 bits per heavy atom. The first-order chi connectivity index (χ1) is 13.4. The maximum atomic E-state index is 12.5. The summed E-state index contributed by atoms with van der Waals surface area (Å²) in [5, 5.41) is 9.53. The lowest BCUT2D eigenvalue weighted by Crippen LogP contribution is -2.35. The molecule has 0 fully saturated rings. The highest BCUT2D eigenvalue weighted by atomic mass is 19.4. The van der Waals surface area contributed by atoms with E-state index in [0.29, 0.717) is 17.7 Å². The summed E-state index contributed by atoms with van der Waals surface area (Å²) in [5.41, 5.74) is 3.00. The van der Waals surface area contributed by atoms with Crippen LogP contribution in [-0.2, 0) is 12.6 Å². The molecule has 2 heterocycles. The number of hydrogen-bond donors (Lipinski definition) is 2. The van der Waals surface area contributed by atoms with Crippen molar-refractivity contribution < 1.29 is 22.5 Å². The fourth-order valence-corrected chi connectivity index (χ4v) is 3.04. The Bertz CT molecular complexity index is 974. The van der Waals surface area contributed by atoms with Crippen molar-refractivity contribution in [1.82, 2.24) is 15.5 Å². The van der Waals surface area contributed by atoms with Crippen molar-refractivity contribution in [2.75, 3.05) is 11.9 Å². The molecule has 0 saturated carbocycles. The van der Waals surface area contributed by atoms with Gasteiger partial charge in [0, 0.05) is 29.4 Å². The van der Waals surface area contributed by atoms with Crippen LogP contribution in [0.4, 0.5) is 18.9 Å². The molecule has 1 unspecified atom stereocenters. The number of alkyl halides is 3. The fraction of sp³-hybridized carbons (Fsp3) is 0.211. The second kappa shape index (κ2) is 6.99. The lowest BCUT2D eigenvalue weighted by molar-refractivity contribution is -0.159. The van der Waals surface area contributed by atoms with Crippen LogP contribution in [0.15, 0.2) is 53.1 Å². The molecule has 0 aliphatic carbocycles. The van der Waals surface area contributed by atoms with Gasteiger partial charge in [0.25, 0.3) is 5.91 Å². The Labute approximate surface area is 157 Å². The Kier molecular flexibility index (Phi) is 4.50. The zero-order valence-electron chi connectivity index (χ0n) is 14.5. The Morgan fingerprint density at radius 1 is 1.18 bits per heavy atom. The number of nitrogens with zero attached hydrogens (tertiary/aromatic N) is 2. The summed E-state index contributed by atoms with van der Waals surface area (Å²) >= 11 is 0. The van der Waals surface area contributed by atoms with Crippen molar-refractivity contribution in [3.8, 4) is 11.4 Å². The van der Waals surface area contributed by atoms with Crippen LogP contribution in [0.25, 0.3) is 11.4 Å². The van der Waals surface area contributed by atoms with Crippen molar-refractivity contribution in [1.29, 1.82) is 0 Å². The lowest BCUT2D eigenvalue weighted by Gasteiger charge is -2.12. The topological polar surface area (TPSA) is 80.0 Å². The Hall–Kier alpha value is -3.36. The molecule has 0 spiro atoms. The van der Waals surface area contributed by atoms with Crippen LogP contribution in [0.5, 0.6) is 0 Å². The molecule has 6 nitrogen and oxygen atoms in total. The number of para-hydroxylation sites is 1. The highest BCUT2D eigenvalue weighted by Gasteiger charge is 2.38. The van der Waals surface area contributed by atoms with Crippen LogP contribution in [0.3, 0.4) is 0 Å². The maximum absolute atomic E-state index is 12.5. The van der Waals surface area contributed by atoms with Gasteiger partial charge in [0.05, 0.1) is 0 Å². The third-order valence-corrected chi connectivity index (χ3v) is 4.43. The number of rotatable bonds is 4. The molecule has 0 bridgehead atoms. The predicted octanol–water partition coefficient (Wildman–Crippen LogP) is 3.52. The number of anilines is 1. The van der Waals surface area contributed by atoms with E-state index in [1.807, 2.05) is 24.3 Å². The minimum atomic E-state index is -4.70. The van der Waals surface area contributed by atoms with E-state index in [-0.39, 0.29) is 17.8 Å². The van der Waals surface area contributed by atoms with E-state index in [0.717, 1.165) is 12.1 Å². The number of halogens is 3. The van der Waals surface area contributed by atoms with Gasteiger partial charge in [0.1, 0.15) is 0 Å². The average molecular weight is 388 g/mol. The number of carbonyl (C=O) groups excluding carboxylic acids is 1. The second-order valence-electron chi connectivity index (χ2n) is 6.41. The van der Waals surface area contributed by atoms with E-state index in [2.05, 4.69) is 25.3 Å². The molecule has 1 amide bonds. The van der Waals surface area contributed by atoms with Gasteiger partial charge in [-0.3, -0.25) is 4.79 Å². The molecule has 144 valence electrons. The van der Waals surface area contributed by atoms with Gasteiger partial charge in [-0.25, -0.2) is 0 Å². The summed E-state index contributed by atoms with van der Waals surface area (Å²) in [4.78, 5) is 15.6. The first kappa shape index (κ1) is 18.0. The predicted molar refractivity (Wildman–Crippen MR) is 94.6 cm³/mol. The van der Waals surface area contributed by atoms with Crippen LogP contribution >= 0.6 is 0 Å². The maximum Gasteiger partial charge on any atom is 0.471 e. The highest BCUT2D eigenvalue weighted by molar-refractivity contribution is 5.94. The number of aromatic nitrogens is 2. The molecule has 1 atom stereocenters. The summed E-state index contributed by atoms with van der Waals surface area (Å²) in [6, 6.07) is 14.0. The largest absolute Gasteiger partial charge is 0.471 e. The minimum absolute atomic E-state index is 0.112. The first-order valence-corrected chi connectivity index (χ1v) is 8.54. The molecule has 1 aliphatic heterocycles. The quantitative estimate of drug-likeness (QED) is 0.715. The second-order valence-corrected chi connectivity index (χ2v) is 6.41. The Morgan fingerprint density at radius 3 is 2.61 bits per heavy atom. The summed E-state index contributed by atoms with van der Waals surface area (Å²) in [5.74, 6) is -1.87. The van der Waals surface area contributed by atoms with Crippen LogP contribution in [0.2, 0.25) is 0 Å². The Balaban J connectivity index is 1.36. The van der Waals surface area contributed by atoms with Crippen LogP contribution < -0.4 is 10.6 Å². The monoisotopic (exact) mass is 388 g/mol. The molecule has 2 aromatic carbocycles. The minimum Gasteiger partial charge on any atom is -0.380 e. The van der Waals surface area contributed by atoms with Crippen LogP contribution in [0, 0.1) is 0 Å². The fourth-order valence-electron chi connectivity index (χ4n) is 3.04. The average Bonchev–Trinajstić information content (AvgIpc) is 3.33. The zero-order valence-corrected chi connectivity index (χ0v) is 14.5. The molecule has 2 N–H and O–H groups in total. The molecule has 28 heavy (non-hydrogen) atoms. The molecule has 4 rings (SSSR count). The number of benzene rings is 2. The van der Waals surface area contributed by atoms with Gasteiger partial charge in [-0.05, 0) is 30.2 Å². The standard InChI is InChI=1S/C19H15F3N4O2/c20-19(21,22)18-25-16(26-28-18)11-5-7-12(8-6-11)17(27)23-10-14-9-13-3-1-2-4-15(13)24-14/h1-8,14,24H,9-10H2,(H,23,27). The molecule has 0 radical (unpaired) electrons. The highest BCUT2D eigenvalue weighted by Crippen LogP contribution is 2.29. The van der Waals surface area contributed by atoms with E-state index in [1.54, 1.807) is 0 Å². The van der Waals surface area contributed by atoms with Crippen molar-refractivity contribution in [2.24, 2.45) is 0 Å². The lowest BCUT2D eigenvalue weighted by atomic mass is 10.1. The molecule has 1 aromatic heterocycles. The van der Waals surface area contributed by atoms with E-state index in [1.165, 1.54) is 29.8 Å². The van der Waals surface area contributed by atoms with Crippen molar-refractivity contribution in [3.63, 3.8) is 0 Å². The molecular weight excluding hydrogens is 373 g/mol. The normalized spacial score (nSPS) is 15.8. The number of hydrogen-bond acceptors (Lipinski definition) is 5. The van der Waals surface area contributed by atoms with E-state index in [9.17, 15) is 18.0 Å². The summed E-state index contributed by atoms with van der Waals surface area (Å²) in [7, 11) is 0.